The molecule has 0 heterocycles. The molecule has 23 heavy (non-hydrogen) atoms. The topological polar surface area (TPSA) is 70.6 Å². The van der Waals surface area contributed by atoms with Gasteiger partial charge in [-0.1, -0.05) is 42.0 Å². The molecular weight excluding hydrogens is 292 g/mol. The quantitative estimate of drug-likeness (QED) is 0.766. The predicted molar refractivity (Wildman–Crippen MR) is 90.8 cm³/mol. The molecule has 0 fully saturated rings. The highest BCUT2D eigenvalue weighted by molar-refractivity contribution is 5.90. The summed E-state index contributed by atoms with van der Waals surface area (Å²) in [5.41, 5.74) is 2.49. The van der Waals surface area contributed by atoms with Crippen LogP contribution in [0.25, 0.3) is 0 Å². The third kappa shape index (κ3) is 5.00. The van der Waals surface area contributed by atoms with Gasteiger partial charge >= 0.3 is 6.03 Å². The van der Waals surface area contributed by atoms with E-state index in [-0.39, 0.29) is 12.6 Å². The van der Waals surface area contributed by atoms with E-state index >= 15 is 0 Å². The fourth-order valence-electron chi connectivity index (χ4n) is 2.11. The predicted octanol–water partition coefficient (Wildman–Crippen LogP) is 3.25. The van der Waals surface area contributed by atoms with Crippen molar-refractivity contribution in [3.8, 4) is 5.75 Å². The fraction of sp³-hybridized carbons (Fsp3) is 0.278. The molecule has 5 heteroatoms. The lowest BCUT2D eigenvalue weighted by molar-refractivity contribution is 0.175. The van der Waals surface area contributed by atoms with Gasteiger partial charge in [-0.15, -0.1) is 0 Å². The van der Waals surface area contributed by atoms with Gasteiger partial charge in [0, 0.05) is 6.54 Å². The average Bonchev–Trinajstić information content (AvgIpc) is 2.55. The van der Waals surface area contributed by atoms with Gasteiger partial charge in [0.2, 0.25) is 0 Å². The summed E-state index contributed by atoms with van der Waals surface area (Å²) < 4.78 is 5.45. The molecule has 0 bridgehead atoms. The van der Waals surface area contributed by atoms with Gasteiger partial charge in [-0.2, -0.15) is 0 Å². The number of ether oxygens (including phenoxy) is 1. The Hall–Kier alpha value is -2.53. The molecule has 5 nitrogen and oxygen atoms in total. The first-order valence-corrected chi connectivity index (χ1v) is 7.61. The van der Waals surface area contributed by atoms with Crippen LogP contribution in [0.5, 0.6) is 5.75 Å². The SMILES string of the molecule is CCOc1ccccc1NC(=O)NC[C@@H](O)c1ccc(C)cc1. The third-order valence-electron chi connectivity index (χ3n) is 3.35. The minimum Gasteiger partial charge on any atom is -0.492 e. The maximum absolute atomic E-state index is 12.0. The number of benzene rings is 2. The Morgan fingerprint density at radius 2 is 1.87 bits per heavy atom. The number of rotatable bonds is 6. The maximum Gasteiger partial charge on any atom is 0.319 e. The van der Waals surface area contributed by atoms with E-state index in [2.05, 4.69) is 10.6 Å². The lowest BCUT2D eigenvalue weighted by atomic mass is 10.1. The Bertz CT molecular complexity index is 641. The molecule has 2 aromatic rings. The van der Waals surface area contributed by atoms with Crippen molar-refractivity contribution in [1.82, 2.24) is 5.32 Å². The Morgan fingerprint density at radius 1 is 1.17 bits per heavy atom. The summed E-state index contributed by atoms with van der Waals surface area (Å²) in [5.74, 6) is 0.615. The average molecular weight is 314 g/mol. The van der Waals surface area contributed by atoms with Crippen molar-refractivity contribution < 1.29 is 14.6 Å². The lowest BCUT2D eigenvalue weighted by Crippen LogP contribution is -2.32. The number of aliphatic hydroxyl groups is 1. The molecule has 0 aliphatic carbocycles. The van der Waals surface area contributed by atoms with Crippen LogP contribution in [0.4, 0.5) is 10.5 Å². The van der Waals surface area contributed by atoms with Crippen LogP contribution >= 0.6 is 0 Å². The van der Waals surface area contributed by atoms with Crippen molar-refractivity contribution in [2.75, 3.05) is 18.5 Å². The van der Waals surface area contributed by atoms with Crippen molar-refractivity contribution in [3.63, 3.8) is 0 Å². The van der Waals surface area contributed by atoms with Gasteiger partial charge in [-0.05, 0) is 31.5 Å². The van der Waals surface area contributed by atoms with Crippen LogP contribution in [0.3, 0.4) is 0 Å². The number of aryl methyl sites for hydroxylation is 1. The molecule has 0 aliphatic heterocycles. The van der Waals surface area contributed by atoms with Gasteiger partial charge in [0.1, 0.15) is 5.75 Å². The minimum absolute atomic E-state index is 0.131. The smallest absolute Gasteiger partial charge is 0.319 e. The van der Waals surface area contributed by atoms with Gasteiger partial charge in [0.15, 0.2) is 0 Å². The van der Waals surface area contributed by atoms with Gasteiger partial charge in [-0.3, -0.25) is 0 Å². The van der Waals surface area contributed by atoms with E-state index in [1.165, 1.54) is 0 Å². The Kier molecular flexibility index (Phi) is 6.00. The second-order valence-electron chi connectivity index (χ2n) is 5.19. The van der Waals surface area contributed by atoms with E-state index in [0.717, 1.165) is 11.1 Å². The molecule has 2 aromatic carbocycles. The van der Waals surface area contributed by atoms with Crippen molar-refractivity contribution >= 4 is 11.7 Å². The molecule has 1 atom stereocenters. The van der Waals surface area contributed by atoms with E-state index < -0.39 is 6.10 Å². The molecule has 0 aromatic heterocycles. The van der Waals surface area contributed by atoms with E-state index in [1.54, 1.807) is 12.1 Å². The molecule has 0 saturated heterocycles. The lowest BCUT2D eigenvalue weighted by Gasteiger charge is -2.14. The fourth-order valence-corrected chi connectivity index (χ4v) is 2.11. The third-order valence-corrected chi connectivity index (χ3v) is 3.35. The largest absolute Gasteiger partial charge is 0.492 e. The zero-order valence-corrected chi connectivity index (χ0v) is 13.4. The van der Waals surface area contributed by atoms with Crippen molar-refractivity contribution in [1.29, 1.82) is 0 Å². The standard InChI is InChI=1S/C18H22N2O3/c1-3-23-17-7-5-4-6-15(17)20-18(22)19-12-16(21)14-10-8-13(2)9-11-14/h4-11,16,21H,3,12H2,1-2H3,(H2,19,20,22)/t16-/m1/s1. The highest BCUT2D eigenvalue weighted by Gasteiger charge is 2.11. The van der Waals surface area contributed by atoms with Gasteiger partial charge in [0.05, 0.1) is 18.4 Å². The number of carbonyl (C=O) groups is 1. The van der Waals surface area contributed by atoms with E-state index in [0.29, 0.717) is 18.0 Å². The van der Waals surface area contributed by atoms with Crippen molar-refractivity contribution in [2.24, 2.45) is 0 Å². The molecule has 0 aliphatic rings. The first-order valence-electron chi connectivity index (χ1n) is 7.61. The summed E-state index contributed by atoms with van der Waals surface area (Å²) in [5, 5.41) is 15.5. The van der Waals surface area contributed by atoms with Crippen LogP contribution in [0.1, 0.15) is 24.2 Å². The van der Waals surface area contributed by atoms with Crippen LogP contribution in [-0.2, 0) is 0 Å². The van der Waals surface area contributed by atoms with Crippen LogP contribution in [0, 0.1) is 6.92 Å². The summed E-state index contributed by atoms with van der Waals surface area (Å²) in [6.07, 6.45) is -0.747. The summed E-state index contributed by atoms with van der Waals surface area (Å²) in [4.78, 5) is 12.0. The highest BCUT2D eigenvalue weighted by Crippen LogP contribution is 2.23. The number of aliphatic hydroxyl groups excluding tert-OH is 1. The highest BCUT2D eigenvalue weighted by atomic mass is 16.5. The second kappa shape index (κ2) is 8.19. The van der Waals surface area contributed by atoms with E-state index in [9.17, 15) is 9.90 Å². The number of carbonyl (C=O) groups excluding carboxylic acids is 1. The Labute approximate surface area is 136 Å². The number of para-hydroxylation sites is 2. The normalized spacial score (nSPS) is 11.6. The van der Waals surface area contributed by atoms with Gasteiger partial charge < -0.3 is 20.5 Å². The molecular formula is C18H22N2O3. The second-order valence-corrected chi connectivity index (χ2v) is 5.19. The number of urea groups is 1. The molecule has 0 unspecified atom stereocenters. The molecule has 122 valence electrons. The Morgan fingerprint density at radius 3 is 2.57 bits per heavy atom. The van der Waals surface area contributed by atoms with Crippen molar-refractivity contribution in [2.45, 2.75) is 20.0 Å². The summed E-state index contributed by atoms with van der Waals surface area (Å²) in [6, 6.07) is 14.4. The van der Waals surface area contributed by atoms with Crippen molar-refractivity contribution in [3.05, 3.63) is 59.7 Å². The number of anilines is 1. The van der Waals surface area contributed by atoms with Crippen LogP contribution in [0.15, 0.2) is 48.5 Å². The number of amides is 2. The van der Waals surface area contributed by atoms with Gasteiger partial charge in [0.25, 0.3) is 0 Å². The monoisotopic (exact) mass is 314 g/mol. The van der Waals surface area contributed by atoms with E-state index in [4.69, 9.17) is 4.74 Å². The molecule has 3 N–H and O–H groups in total. The van der Waals surface area contributed by atoms with Crippen LogP contribution in [0.2, 0.25) is 0 Å². The Balaban J connectivity index is 1.89. The van der Waals surface area contributed by atoms with Crippen LogP contribution in [-0.4, -0.2) is 24.3 Å². The number of hydrogen-bond acceptors (Lipinski definition) is 3. The zero-order chi connectivity index (χ0) is 16.7. The first kappa shape index (κ1) is 16.8. The van der Waals surface area contributed by atoms with E-state index in [1.807, 2.05) is 50.2 Å². The molecule has 2 amide bonds. The number of nitrogens with one attached hydrogen (secondary N) is 2. The summed E-state index contributed by atoms with van der Waals surface area (Å²) >= 11 is 0. The van der Waals surface area contributed by atoms with Crippen LogP contribution < -0.4 is 15.4 Å². The minimum atomic E-state index is -0.747. The maximum atomic E-state index is 12.0. The molecule has 0 spiro atoms. The summed E-state index contributed by atoms with van der Waals surface area (Å²) in [6.45, 7) is 4.52. The molecule has 0 radical (unpaired) electrons. The molecule has 2 rings (SSSR count). The number of hydrogen-bond donors (Lipinski definition) is 3. The first-order chi connectivity index (χ1) is 11.1. The molecule has 0 saturated carbocycles. The summed E-state index contributed by atoms with van der Waals surface area (Å²) in [7, 11) is 0. The zero-order valence-electron chi connectivity index (χ0n) is 13.4. The van der Waals surface area contributed by atoms with Gasteiger partial charge in [-0.25, -0.2) is 4.79 Å².